The molecule has 2 fully saturated rings. The first kappa shape index (κ1) is 17.3. The Bertz CT molecular complexity index is 750. The predicted octanol–water partition coefficient (Wildman–Crippen LogP) is 2.28. The van der Waals surface area contributed by atoms with Crippen LogP contribution in [0, 0.1) is 17.8 Å². The normalized spacial score (nSPS) is 34.4. The summed E-state index contributed by atoms with van der Waals surface area (Å²) in [5.41, 5.74) is 2.62. The molecule has 1 aromatic carbocycles. The van der Waals surface area contributed by atoms with Crippen LogP contribution >= 0.6 is 0 Å². The van der Waals surface area contributed by atoms with E-state index in [1.807, 2.05) is 6.92 Å². The maximum Gasteiger partial charge on any atom is 0.311 e. The van der Waals surface area contributed by atoms with Crippen LogP contribution in [-0.4, -0.2) is 48.6 Å². The average Bonchev–Trinajstić information content (AvgIpc) is 3.12. The van der Waals surface area contributed by atoms with Crippen molar-refractivity contribution in [2.75, 3.05) is 26.5 Å². The molecule has 1 saturated heterocycles. The van der Waals surface area contributed by atoms with E-state index in [4.69, 9.17) is 14.2 Å². The number of aliphatic hydroxyl groups excluding tert-OH is 1. The van der Waals surface area contributed by atoms with Crippen LogP contribution in [-0.2, 0) is 16.0 Å². The summed E-state index contributed by atoms with van der Waals surface area (Å²) in [6.07, 6.45) is 3.00. The average molecular weight is 373 g/mol. The molecule has 3 heterocycles. The van der Waals surface area contributed by atoms with E-state index in [1.54, 1.807) is 0 Å². The van der Waals surface area contributed by atoms with E-state index in [-0.39, 0.29) is 24.7 Å². The largest absolute Gasteiger partial charge is 0.466 e. The third kappa shape index (κ3) is 2.81. The molecular formula is C21H27NO5. The van der Waals surface area contributed by atoms with Crippen LogP contribution in [0.25, 0.3) is 0 Å². The molecule has 0 aromatic heterocycles. The van der Waals surface area contributed by atoms with Crippen molar-refractivity contribution in [1.82, 2.24) is 4.90 Å². The van der Waals surface area contributed by atoms with E-state index in [1.165, 1.54) is 11.1 Å². The fourth-order valence-electron chi connectivity index (χ4n) is 5.69. The third-order valence-corrected chi connectivity index (χ3v) is 6.94. The molecular weight excluding hydrogens is 346 g/mol. The molecule has 1 saturated carbocycles. The monoisotopic (exact) mass is 373 g/mol. The van der Waals surface area contributed by atoms with Gasteiger partial charge in [0.1, 0.15) is 0 Å². The number of nitrogens with zero attached hydrogens (tertiary/aromatic N) is 1. The molecule has 27 heavy (non-hydrogen) atoms. The van der Waals surface area contributed by atoms with Gasteiger partial charge in [-0.1, -0.05) is 0 Å². The van der Waals surface area contributed by atoms with Crippen LogP contribution in [0.2, 0.25) is 0 Å². The number of hydrogen-bond donors (Lipinski definition) is 1. The van der Waals surface area contributed by atoms with Crippen molar-refractivity contribution in [3.05, 3.63) is 23.3 Å². The molecule has 6 nitrogen and oxygen atoms in total. The standard InChI is InChI=1S/C21H27NO5/c1-2-25-21(24)20-15-8-16-14-9-19-18(26-11-27-19)7-12(14)5-6-22(16)10-13(15)3-4-17(20)23/h7,9,13,15-17,20,23H,2-6,8,10-11H2,1H3/t13-,15+,16+,17-,20+/m1/s1. The molecule has 0 bridgehead atoms. The Labute approximate surface area is 159 Å². The number of rotatable bonds is 2. The summed E-state index contributed by atoms with van der Waals surface area (Å²) in [6.45, 7) is 4.50. The molecule has 1 aliphatic carbocycles. The summed E-state index contributed by atoms with van der Waals surface area (Å²) in [5, 5.41) is 10.6. The Kier molecular flexibility index (Phi) is 4.28. The number of esters is 1. The highest BCUT2D eigenvalue weighted by Crippen LogP contribution is 2.50. The fourth-order valence-corrected chi connectivity index (χ4v) is 5.69. The van der Waals surface area contributed by atoms with Crippen LogP contribution in [0.1, 0.15) is 43.4 Å². The Morgan fingerprint density at radius 2 is 2.11 bits per heavy atom. The summed E-state index contributed by atoms with van der Waals surface area (Å²) in [7, 11) is 0. The lowest BCUT2D eigenvalue weighted by molar-refractivity contribution is -0.162. The molecule has 146 valence electrons. The van der Waals surface area contributed by atoms with Crippen LogP contribution in [0.5, 0.6) is 11.5 Å². The van der Waals surface area contributed by atoms with Gasteiger partial charge in [-0.2, -0.15) is 0 Å². The highest BCUT2D eigenvalue weighted by atomic mass is 16.7. The first-order chi connectivity index (χ1) is 13.2. The van der Waals surface area contributed by atoms with Gasteiger partial charge in [0.15, 0.2) is 11.5 Å². The Hall–Kier alpha value is -1.79. The molecule has 5 atom stereocenters. The molecule has 1 aromatic rings. The van der Waals surface area contributed by atoms with Crippen molar-refractivity contribution in [2.24, 2.45) is 17.8 Å². The second-order valence-electron chi connectivity index (χ2n) is 8.25. The molecule has 0 amide bonds. The lowest BCUT2D eigenvalue weighted by atomic mass is 9.64. The minimum Gasteiger partial charge on any atom is -0.466 e. The van der Waals surface area contributed by atoms with E-state index in [0.717, 1.165) is 43.9 Å². The van der Waals surface area contributed by atoms with Crippen molar-refractivity contribution < 1.29 is 24.1 Å². The van der Waals surface area contributed by atoms with Gasteiger partial charge in [-0.25, -0.2) is 0 Å². The second kappa shape index (κ2) is 6.67. The first-order valence-electron chi connectivity index (χ1n) is 10.2. The highest BCUT2D eigenvalue weighted by molar-refractivity contribution is 5.73. The summed E-state index contributed by atoms with van der Waals surface area (Å²) >= 11 is 0. The van der Waals surface area contributed by atoms with Crippen molar-refractivity contribution in [3.63, 3.8) is 0 Å². The van der Waals surface area contributed by atoms with Gasteiger partial charge in [0.05, 0.1) is 18.6 Å². The third-order valence-electron chi connectivity index (χ3n) is 6.94. The number of piperidine rings is 1. The minimum atomic E-state index is -0.586. The van der Waals surface area contributed by atoms with Gasteiger partial charge in [-0.05, 0) is 67.7 Å². The summed E-state index contributed by atoms with van der Waals surface area (Å²) < 4.78 is 16.5. The topological polar surface area (TPSA) is 68.2 Å². The zero-order chi connectivity index (χ0) is 18.5. The van der Waals surface area contributed by atoms with Crippen LogP contribution in [0.3, 0.4) is 0 Å². The number of ether oxygens (including phenoxy) is 3. The SMILES string of the molecule is CCOC(=O)[C@H]1[C@H]2C[C@H]3c4cc5c(cc4CCN3C[C@H]2CC[C@H]1O)OCO5. The van der Waals surface area contributed by atoms with Gasteiger partial charge >= 0.3 is 5.97 Å². The molecule has 0 radical (unpaired) electrons. The molecule has 0 spiro atoms. The quantitative estimate of drug-likeness (QED) is 0.803. The minimum absolute atomic E-state index is 0.172. The van der Waals surface area contributed by atoms with Crippen molar-refractivity contribution in [2.45, 2.75) is 44.8 Å². The van der Waals surface area contributed by atoms with Gasteiger partial charge in [-0.3, -0.25) is 9.69 Å². The van der Waals surface area contributed by atoms with Gasteiger partial charge in [0, 0.05) is 19.1 Å². The first-order valence-corrected chi connectivity index (χ1v) is 10.2. The molecule has 6 heteroatoms. The lowest BCUT2D eigenvalue weighted by Gasteiger charge is -2.51. The zero-order valence-electron chi connectivity index (χ0n) is 15.7. The van der Waals surface area contributed by atoms with Gasteiger partial charge in [0.25, 0.3) is 0 Å². The molecule has 1 N–H and O–H groups in total. The summed E-state index contributed by atoms with van der Waals surface area (Å²) in [4.78, 5) is 15.2. The van der Waals surface area contributed by atoms with Crippen LogP contribution in [0.4, 0.5) is 0 Å². The van der Waals surface area contributed by atoms with E-state index in [2.05, 4.69) is 17.0 Å². The van der Waals surface area contributed by atoms with E-state index >= 15 is 0 Å². The lowest BCUT2D eigenvalue weighted by Crippen LogP contribution is -2.53. The van der Waals surface area contributed by atoms with Crippen LogP contribution in [0.15, 0.2) is 12.1 Å². The van der Waals surface area contributed by atoms with E-state index in [9.17, 15) is 9.90 Å². The van der Waals surface area contributed by atoms with Crippen molar-refractivity contribution >= 4 is 5.97 Å². The summed E-state index contributed by atoms with van der Waals surface area (Å²) in [6, 6.07) is 4.53. The van der Waals surface area contributed by atoms with Gasteiger partial charge < -0.3 is 19.3 Å². The Morgan fingerprint density at radius 3 is 2.93 bits per heavy atom. The van der Waals surface area contributed by atoms with Crippen molar-refractivity contribution in [1.29, 1.82) is 0 Å². The molecule has 3 aliphatic heterocycles. The maximum absolute atomic E-state index is 12.6. The molecule has 0 unspecified atom stereocenters. The Morgan fingerprint density at radius 1 is 1.30 bits per heavy atom. The van der Waals surface area contributed by atoms with E-state index in [0.29, 0.717) is 18.9 Å². The number of hydrogen-bond acceptors (Lipinski definition) is 6. The molecule has 5 rings (SSSR count). The smallest absolute Gasteiger partial charge is 0.311 e. The fraction of sp³-hybridized carbons (Fsp3) is 0.667. The van der Waals surface area contributed by atoms with Gasteiger partial charge in [0.2, 0.25) is 6.79 Å². The summed E-state index contributed by atoms with van der Waals surface area (Å²) in [5.74, 6) is 1.66. The second-order valence-corrected chi connectivity index (χ2v) is 8.25. The number of fused-ring (bicyclic) bond motifs is 5. The van der Waals surface area contributed by atoms with Crippen LogP contribution < -0.4 is 9.47 Å². The zero-order valence-corrected chi connectivity index (χ0v) is 15.7. The van der Waals surface area contributed by atoms with Gasteiger partial charge in [-0.15, -0.1) is 0 Å². The number of carbonyl (C=O) groups is 1. The number of aliphatic hydroxyl groups is 1. The number of benzene rings is 1. The molecule has 4 aliphatic rings. The maximum atomic E-state index is 12.6. The highest BCUT2D eigenvalue weighted by Gasteiger charge is 2.49. The Balaban J connectivity index is 1.46. The van der Waals surface area contributed by atoms with Crippen molar-refractivity contribution in [3.8, 4) is 11.5 Å². The predicted molar refractivity (Wildman–Crippen MR) is 97.5 cm³/mol. The van der Waals surface area contributed by atoms with E-state index < -0.39 is 12.0 Å². The number of carbonyl (C=O) groups excluding carboxylic acids is 1.